The van der Waals surface area contributed by atoms with Gasteiger partial charge in [0, 0.05) is 32.0 Å². The van der Waals surface area contributed by atoms with Crippen LogP contribution in [0.25, 0.3) is 32.5 Å². The molecule has 1 atom stereocenters. The monoisotopic (exact) mass is 535 g/mol. The van der Waals surface area contributed by atoms with Gasteiger partial charge in [0.2, 0.25) is 0 Å². The molecule has 1 aliphatic heterocycles. The standard InChI is InChI=1S/C26H26BrN5OS/c1-15-22-25(34-26(15)27)21-20(13-19(14-28-21)23-16(2)29-30-31(23)3)32(22)24(17-7-5-4-6-8-17)18-9-11-33-12-10-18/h4-8,13-14,18,24H,9-12H2,1-3H3. The lowest BCUT2D eigenvalue weighted by Crippen LogP contribution is -2.27. The molecule has 1 saturated heterocycles. The minimum Gasteiger partial charge on any atom is -0.381 e. The van der Waals surface area contributed by atoms with Crippen molar-refractivity contribution in [1.82, 2.24) is 24.5 Å². The number of rotatable bonds is 4. The first-order valence-electron chi connectivity index (χ1n) is 11.6. The van der Waals surface area contributed by atoms with Crippen molar-refractivity contribution in [2.75, 3.05) is 13.2 Å². The Morgan fingerprint density at radius 1 is 1.15 bits per heavy atom. The van der Waals surface area contributed by atoms with Crippen LogP contribution in [0.1, 0.15) is 35.7 Å². The maximum atomic E-state index is 5.76. The van der Waals surface area contributed by atoms with Crippen molar-refractivity contribution >= 4 is 48.5 Å². The van der Waals surface area contributed by atoms with Crippen LogP contribution in [0.4, 0.5) is 0 Å². The molecule has 174 valence electrons. The average Bonchev–Trinajstić information content (AvgIpc) is 3.46. The molecule has 0 aliphatic carbocycles. The summed E-state index contributed by atoms with van der Waals surface area (Å²) in [6, 6.07) is 13.4. The third kappa shape index (κ3) is 3.42. The zero-order valence-corrected chi connectivity index (χ0v) is 21.9. The summed E-state index contributed by atoms with van der Waals surface area (Å²) in [5.74, 6) is 0.483. The minimum absolute atomic E-state index is 0.202. The van der Waals surface area contributed by atoms with Crippen LogP contribution < -0.4 is 0 Å². The molecule has 0 radical (unpaired) electrons. The normalized spacial score (nSPS) is 16.0. The van der Waals surface area contributed by atoms with Crippen molar-refractivity contribution in [3.63, 3.8) is 0 Å². The molecule has 0 spiro atoms. The number of benzene rings is 1. The molecule has 34 heavy (non-hydrogen) atoms. The highest BCUT2D eigenvalue weighted by Crippen LogP contribution is 2.46. The number of nitrogens with zero attached hydrogens (tertiary/aromatic N) is 5. The van der Waals surface area contributed by atoms with Gasteiger partial charge in [-0.3, -0.25) is 4.98 Å². The quantitative estimate of drug-likeness (QED) is 0.265. The summed E-state index contributed by atoms with van der Waals surface area (Å²) in [6.45, 7) is 5.83. The lowest BCUT2D eigenvalue weighted by molar-refractivity contribution is 0.0553. The molecule has 0 N–H and O–H groups in total. The van der Waals surface area contributed by atoms with Crippen molar-refractivity contribution in [2.45, 2.75) is 32.7 Å². The van der Waals surface area contributed by atoms with E-state index in [9.17, 15) is 0 Å². The Morgan fingerprint density at radius 2 is 1.91 bits per heavy atom. The van der Waals surface area contributed by atoms with Crippen molar-refractivity contribution in [2.24, 2.45) is 13.0 Å². The van der Waals surface area contributed by atoms with Crippen LogP contribution in [0.15, 0.2) is 46.4 Å². The van der Waals surface area contributed by atoms with E-state index in [1.807, 2.05) is 24.9 Å². The van der Waals surface area contributed by atoms with Gasteiger partial charge >= 0.3 is 0 Å². The molecule has 6 rings (SSSR count). The van der Waals surface area contributed by atoms with Crippen molar-refractivity contribution in [3.05, 3.63) is 63.2 Å². The van der Waals surface area contributed by atoms with Gasteiger partial charge in [-0.1, -0.05) is 35.5 Å². The molecule has 4 aromatic heterocycles. The fraction of sp³-hybridized carbons (Fsp3) is 0.346. The lowest BCUT2D eigenvalue weighted by atomic mass is 9.86. The number of aromatic nitrogens is 5. The second-order valence-electron chi connectivity index (χ2n) is 9.09. The van der Waals surface area contributed by atoms with Gasteiger partial charge < -0.3 is 9.30 Å². The number of halogens is 1. The van der Waals surface area contributed by atoms with Crippen molar-refractivity contribution in [3.8, 4) is 11.3 Å². The number of aryl methyl sites for hydroxylation is 3. The van der Waals surface area contributed by atoms with Crippen LogP contribution in [-0.4, -0.2) is 37.8 Å². The Morgan fingerprint density at radius 3 is 2.62 bits per heavy atom. The van der Waals surface area contributed by atoms with Crippen LogP contribution in [0.3, 0.4) is 0 Å². The summed E-state index contributed by atoms with van der Waals surface area (Å²) in [6.07, 6.45) is 4.05. The molecule has 1 unspecified atom stereocenters. The van der Waals surface area contributed by atoms with E-state index in [-0.39, 0.29) is 6.04 Å². The number of hydrogen-bond donors (Lipinski definition) is 0. The third-order valence-corrected chi connectivity index (χ3v) is 9.20. The van der Waals surface area contributed by atoms with Gasteiger partial charge in [-0.15, -0.1) is 16.4 Å². The summed E-state index contributed by atoms with van der Waals surface area (Å²) >= 11 is 5.59. The Kier molecular flexibility index (Phi) is 5.54. The van der Waals surface area contributed by atoms with E-state index < -0.39 is 0 Å². The molecule has 0 bridgehead atoms. The van der Waals surface area contributed by atoms with Gasteiger partial charge in [-0.25, -0.2) is 4.68 Å². The van der Waals surface area contributed by atoms with Crippen LogP contribution in [-0.2, 0) is 11.8 Å². The maximum absolute atomic E-state index is 5.76. The number of thiophene rings is 1. The van der Waals surface area contributed by atoms with Gasteiger partial charge in [0.1, 0.15) is 5.52 Å². The fourth-order valence-corrected chi connectivity index (χ4v) is 7.15. The molecule has 8 heteroatoms. The number of hydrogen-bond acceptors (Lipinski definition) is 5. The second kappa shape index (κ2) is 8.59. The lowest BCUT2D eigenvalue weighted by Gasteiger charge is -2.33. The first-order chi connectivity index (χ1) is 16.5. The Hall–Kier alpha value is -2.55. The predicted molar refractivity (Wildman–Crippen MR) is 140 cm³/mol. The Labute approximate surface area is 210 Å². The molecule has 1 fully saturated rings. The SMILES string of the molecule is Cc1nnn(C)c1-c1cnc2c3sc(Br)c(C)c3n(C(c3ccccc3)C3CCOCC3)c2c1. The van der Waals surface area contributed by atoms with Crippen LogP contribution in [0.2, 0.25) is 0 Å². The van der Waals surface area contributed by atoms with Crippen molar-refractivity contribution in [1.29, 1.82) is 0 Å². The zero-order valence-electron chi connectivity index (χ0n) is 19.5. The van der Waals surface area contributed by atoms with Gasteiger partial charge in [0.25, 0.3) is 0 Å². The number of fused-ring (bicyclic) bond motifs is 3. The van der Waals surface area contributed by atoms with Crippen LogP contribution in [0.5, 0.6) is 0 Å². The topological polar surface area (TPSA) is 57.8 Å². The molecule has 5 heterocycles. The molecule has 1 aromatic carbocycles. The van der Waals surface area contributed by atoms with E-state index in [2.05, 4.69) is 74.1 Å². The van der Waals surface area contributed by atoms with E-state index in [0.29, 0.717) is 5.92 Å². The molecule has 0 amide bonds. The first-order valence-corrected chi connectivity index (χ1v) is 13.2. The van der Waals surface area contributed by atoms with Crippen LogP contribution in [0, 0.1) is 19.8 Å². The maximum Gasteiger partial charge on any atom is 0.106 e. The summed E-state index contributed by atoms with van der Waals surface area (Å²) < 4.78 is 12.6. The van der Waals surface area contributed by atoms with Crippen LogP contribution >= 0.6 is 27.3 Å². The van der Waals surface area contributed by atoms with E-state index in [1.165, 1.54) is 25.1 Å². The largest absolute Gasteiger partial charge is 0.381 e. The number of pyridine rings is 1. The average molecular weight is 536 g/mol. The molecule has 0 saturated carbocycles. The highest BCUT2D eigenvalue weighted by Gasteiger charge is 2.31. The Bertz CT molecular complexity index is 1480. The molecule has 1 aliphatic rings. The smallest absolute Gasteiger partial charge is 0.106 e. The minimum atomic E-state index is 0.202. The summed E-state index contributed by atoms with van der Waals surface area (Å²) in [7, 11) is 1.94. The fourth-order valence-electron chi connectivity index (χ4n) is 5.45. The van der Waals surface area contributed by atoms with Gasteiger partial charge in [0.15, 0.2) is 0 Å². The van der Waals surface area contributed by atoms with E-state index in [4.69, 9.17) is 9.72 Å². The van der Waals surface area contributed by atoms with E-state index >= 15 is 0 Å². The summed E-state index contributed by atoms with van der Waals surface area (Å²) in [5, 5.41) is 8.49. The molecule has 5 aromatic rings. The van der Waals surface area contributed by atoms with Gasteiger partial charge in [-0.05, 0) is 65.7 Å². The van der Waals surface area contributed by atoms with Crippen molar-refractivity contribution < 1.29 is 4.74 Å². The molecular weight excluding hydrogens is 510 g/mol. The number of ether oxygens (including phenoxy) is 1. The summed E-state index contributed by atoms with van der Waals surface area (Å²) in [5.41, 5.74) is 9.05. The second-order valence-corrected chi connectivity index (χ2v) is 11.4. The van der Waals surface area contributed by atoms with E-state index in [0.717, 1.165) is 54.0 Å². The van der Waals surface area contributed by atoms with E-state index in [1.54, 1.807) is 11.3 Å². The summed E-state index contributed by atoms with van der Waals surface area (Å²) in [4.78, 5) is 5.02. The van der Waals surface area contributed by atoms with Gasteiger partial charge in [0.05, 0.1) is 36.9 Å². The van der Waals surface area contributed by atoms with Gasteiger partial charge in [-0.2, -0.15) is 0 Å². The third-order valence-electron chi connectivity index (χ3n) is 7.04. The molecule has 6 nitrogen and oxygen atoms in total. The highest BCUT2D eigenvalue weighted by molar-refractivity contribution is 9.11. The zero-order chi connectivity index (χ0) is 23.4. The molecular formula is C26H26BrN5OS. The first kappa shape index (κ1) is 21.9. The predicted octanol–water partition coefficient (Wildman–Crippen LogP) is 6.44. The highest BCUT2D eigenvalue weighted by atomic mass is 79.9. The Balaban J connectivity index is 1.68.